The van der Waals surface area contributed by atoms with Crippen molar-refractivity contribution in [3.8, 4) is 11.5 Å². The molecule has 2 heterocycles. The molecule has 1 saturated carbocycles. The lowest BCUT2D eigenvalue weighted by molar-refractivity contribution is 0.251. The van der Waals surface area contributed by atoms with E-state index in [0.29, 0.717) is 12.6 Å². The summed E-state index contributed by atoms with van der Waals surface area (Å²) in [7, 11) is 0. The topological polar surface area (TPSA) is 46.1 Å². The van der Waals surface area contributed by atoms with Gasteiger partial charge in [-0.3, -0.25) is 0 Å². The van der Waals surface area contributed by atoms with E-state index in [-0.39, 0.29) is 6.10 Å². The number of benzene rings is 1. The lowest BCUT2D eigenvalue weighted by atomic mass is 10.1. The van der Waals surface area contributed by atoms with Gasteiger partial charge in [-0.25, -0.2) is 4.99 Å². The van der Waals surface area contributed by atoms with Crippen LogP contribution in [0.5, 0.6) is 11.5 Å². The second-order valence-electron chi connectivity index (χ2n) is 8.15. The molecule has 0 radical (unpaired) electrons. The third kappa shape index (κ3) is 5.14. The van der Waals surface area contributed by atoms with E-state index in [2.05, 4.69) is 59.4 Å². The molecular weight excluding hydrogens is 374 g/mol. The summed E-state index contributed by atoms with van der Waals surface area (Å²) in [4.78, 5) is 6.72. The van der Waals surface area contributed by atoms with E-state index in [9.17, 15) is 0 Å². The number of aliphatic imine (C=N–C) groups is 1. The summed E-state index contributed by atoms with van der Waals surface area (Å²) < 4.78 is 12.3. The molecule has 0 aromatic heterocycles. The number of nitrogens with one attached hydrogen (secondary N) is 1. The molecule has 1 N–H and O–H groups in total. The van der Waals surface area contributed by atoms with Gasteiger partial charge in [0.25, 0.3) is 0 Å². The Labute approximate surface area is 180 Å². The van der Waals surface area contributed by atoms with Crippen LogP contribution < -0.4 is 14.8 Å². The fourth-order valence-corrected chi connectivity index (χ4v) is 4.18. The molecule has 0 amide bonds. The monoisotopic (exact) mass is 407 g/mol. The standard InChI is InChI=1S/C25H33N3O2/c1-3-20-16-23(29-15-13-26-21-8-4-5-9-21)11-12-25(20)30-19(2)24-17-22-10-6-7-14-28(22)18-27-24/h6-7,10-12,16-19,21,26H,3-5,8-9,13-15H2,1-2H3. The third-order valence-corrected chi connectivity index (χ3v) is 5.97. The van der Waals surface area contributed by atoms with Gasteiger partial charge in [-0.1, -0.05) is 31.9 Å². The van der Waals surface area contributed by atoms with Crippen molar-refractivity contribution in [3.05, 3.63) is 59.5 Å². The molecule has 5 heteroatoms. The molecule has 0 saturated heterocycles. The Bertz CT molecular complexity index is 850. The van der Waals surface area contributed by atoms with E-state index >= 15 is 0 Å². The number of hydrogen-bond donors (Lipinski definition) is 1. The summed E-state index contributed by atoms with van der Waals surface area (Å²) in [5.41, 5.74) is 3.25. The van der Waals surface area contributed by atoms with Crippen molar-refractivity contribution in [2.24, 2.45) is 4.99 Å². The Morgan fingerprint density at radius 2 is 2.13 bits per heavy atom. The molecule has 1 aromatic carbocycles. The smallest absolute Gasteiger partial charge is 0.138 e. The number of aryl methyl sites for hydroxylation is 1. The van der Waals surface area contributed by atoms with E-state index in [1.54, 1.807) is 0 Å². The largest absolute Gasteiger partial charge is 0.492 e. The van der Waals surface area contributed by atoms with Crippen LogP contribution in [-0.2, 0) is 6.42 Å². The van der Waals surface area contributed by atoms with Crippen LogP contribution in [0.2, 0.25) is 0 Å². The normalized spacial score (nSPS) is 19.3. The molecule has 0 bridgehead atoms. The number of fused-ring (bicyclic) bond motifs is 1. The first kappa shape index (κ1) is 20.7. The van der Waals surface area contributed by atoms with Gasteiger partial charge in [0.15, 0.2) is 0 Å². The fourth-order valence-electron chi connectivity index (χ4n) is 4.18. The van der Waals surface area contributed by atoms with Crippen LogP contribution in [0.4, 0.5) is 0 Å². The summed E-state index contributed by atoms with van der Waals surface area (Å²) in [5, 5.41) is 3.59. The van der Waals surface area contributed by atoms with Crippen LogP contribution in [-0.4, -0.2) is 43.1 Å². The molecule has 4 rings (SSSR count). The molecule has 0 spiro atoms. The molecule has 2 aliphatic heterocycles. The number of nitrogens with zero attached hydrogens (tertiary/aromatic N) is 2. The van der Waals surface area contributed by atoms with Crippen molar-refractivity contribution in [3.63, 3.8) is 0 Å². The Morgan fingerprint density at radius 1 is 1.27 bits per heavy atom. The maximum atomic E-state index is 6.29. The lowest BCUT2D eigenvalue weighted by Gasteiger charge is -2.27. The zero-order chi connectivity index (χ0) is 20.8. The molecule has 5 nitrogen and oxygen atoms in total. The first-order valence-electron chi connectivity index (χ1n) is 11.3. The minimum atomic E-state index is -0.122. The third-order valence-electron chi connectivity index (χ3n) is 5.97. The fraction of sp³-hybridized carbons (Fsp3) is 0.480. The maximum absolute atomic E-state index is 6.29. The van der Waals surface area contributed by atoms with Crippen LogP contribution >= 0.6 is 0 Å². The molecule has 3 aliphatic rings. The molecule has 1 unspecified atom stereocenters. The zero-order valence-corrected chi connectivity index (χ0v) is 18.1. The lowest BCUT2D eigenvalue weighted by Crippen LogP contribution is -2.30. The molecule has 30 heavy (non-hydrogen) atoms. The molecular formula is C25H33N3O2. The zero-order valence-electron chi connectivity index (χ0n) is 18.1. The first-order chi connectivity index (χ1) is 14.7. The van der Waals surface area contributed by atoms with Crippen molar-refractivity contribution in [1.82, 2.24) is 10.2 Å². The number of ether oxygens (including phenoxy) is 2. The quantitative estimate of drug-likeness (QED) is 0.607. The van der Waals surface area contributed by atoms with Gasteiger partial charge in [0.05, 0.1) is 12.0 Å². The summed E-state index contributed by atoms with van der Waals surface area (Å²) in [6.45, 7) is 6.66. The number of hydrogen-bond acceptors (Lipinski definition) is 5. The molecule has 1 atom stereocenters. The van der Waals surface area contributed by atoms with Gasteiger partial charge in [-0.2, -0.15) is 0 Å². The minimum absolute atomic E-state index is 0.122. The molecule has 1 aromatic rings. The van der Waals surface area contributed by atoms with Crippen molar-refractivity contribution in [2.45, 2.75) is 58.1 Å². The molecule has 160 valence electrons. The Hall–Kier alpha value is -2.53. The number of rotatable bonds is 9. The highest BCUT2D eigenvalue weighted by molar-refractivity contribution is 5.65. The van der Waals surface area contributed by atoms with Gasteiger partial charge in [-0.15, -0.1) is 0 Å². The van der Waals surface area contributed by atoms with Crippen molar-refractivity contribution >= 4 is 6.34 Å². The highest BCUT2D eigenvalue weighted by atomic mass is 16.5. The average molecular weight is 408 g/mol. The van der Waals surface area contributed by atoms with E-state index in [0.717, 1.165) is 48.0 Å². The Morgan fingerprint density at radius 3 is 2.97 bits per heavy atom. The van der Waals surface area contributed by atoms with E-state index in [4.69, 9.17) is 9.47 Å². The van der Waals surface area contributed by atoms with E-state index in [1.165, 1.54) is 25.7 Å². The van der Waals surface area contributed by atoms with E-state index in [1.807, 2.05) is 18.5 Å². The summed E-state index contributed by atoms with van der Waals surface area (Å²) in [6, 6.07) is 6.82. The summed E-state index contributed by atoms with van der Waals surface area (Å²) >= 11 is 0. The second-order valence-corrected chi connectivity index (χ2v) is 8.15. The van der Waals surface area contributed by atoms with Gasteiger partial charge in [0.1, 0.15) is 24.2 Å². The summed E-state index contributed by atoms with van der Waals surface area (Å²) in [6.07, 6.45) is 16.4. The second kappa shape index (κ2) is 9.98. The molecule has 1 aliphatic carbocycles. The van der Waals surface area contributed by atoms with E-state index < -0.39 is 0 Å². The first-order valence-corrected chi connectivity index (χ1v) is 11.3. The van der Waals surface area contributed by atoms with Gasteiger partial charge in [0.2, 0.25) is 0 Å². The predicted octanol–water partition coefficient (Wildman–Crippen LogP) is 4.61. The Balaban J connectivity index is 1.33. The Kier molecular flexibility index (Phi) is 6.90. The van der Waals surface area contributed by atoms with Crippen molar-refractivity contribution in [2.75, 3.05) is 19.7 Å². The SMILES string of the molecule is CCc1cc(OCCNC2CCCC2)ccc1OC(C)C1=CC2=CC=CCN2C=N1. The summed E-state index contributed by atoms with van der Waals surface area (Å²) in [5.74, 6) is 1.81. The highest BCUT2D eigenvalue weighted by Crippen LogP contribution is 2.28. The van der Waals surface area contributed by atoms with Crippen LogP contribution in [0.15, 0.2) is 58.9 Å². The van der Waals surface area contributed by atoms with Gasteiger partial charge < -0.3 is 19.7 Å². The maximum Gasteiger partial charge on any atom is 0.138 e. The van der Waals surface area contributed by atoms with Crippen LogP contribution in [0.25, 0.3) is 0 Å². The average Bonchev–Trinajstić information content (AvgIpc) is 3.30. The van der Waals surface area contributed by atoms with Gasteiger partial charge in [0, 0.05) is 24.8 Å². The minimum Gasteiger partial charge on any atom is -0.492 e. The highest BCUT2D eigenvalue weighted by Gasteiger charge is 2.19. The van der Waals surface area contributed by atoms with Crippen molar-refractivity contribution in [1.29, 1.82) is 0 Å². The molecule has 1 fully saturated rings. The van der Waals surface area contributed by atoms with Gasteiger partial charge in [-0.05, 0) is 62.1 Å². The van der Waals surface area contributed by atoms with Crippen molar-refractivity contribution < 1.29 is 9.47 Å². The van der Waals surface area contributed by atoms with Crippen LogP contribution in [0.1, 0.15) is 45.1 Å². The van der Waals surface area contributed by atoms with Crippen LogP contribution in [0, 0.1) is 0 Å². The predicted molar refractivity (Wildman–Crippen MR) is 122 cm³/mol. The number of allylic oxidation sites excluding steroid dienone is 3. The van der Waals surface area contributed by atoms with Gasteiger partial charge >= 0.3 is 0 Å². The van der Waals surface area contributed by atoms with Crippen LogP contribution in [0.3, 0.4) is 0 Å².